The standard InChI is InChI=1S/C25H33N3O3S2/c1-5-27(6-2)14-15-28(25-26-24-20(4)17-19(3)18-22(24)32-25)23(29)13-10-16-33(30,31)21-11-8-7-9-12-21/h7-9,11-12,17-18H,5-6,10,13-16H2,1-4H3. The fourth-order valence-electron chi connectivity index (χ4n) is 3.88. The molecule has 0 bridgehead atoms. The first-order valence-electron chi connectivity index (χ1n) is 11.4. The van der Waals surface area contributed by atoms with Crippen molar-refractivity contribution in [3.05, 3.63) is 53.6 Å². The third kappa shape index (κ3) is 6.40. The number of hydrogen-bond acceptors (Lipinski definition) is 6. The van der Waals surface area contributed by atoms with Gasteiger partial charge < -0.3 is 4.90 Å². The third-order valence-electron chi connectivity index (χ3n) is 5.79. The van der Waals surface area contributed by atoms with E-state index < -0.39 is 9.84 Å². The van der Waals surface area contributed by atoms with E-state index in [1.54, 1.807) is 35.2 Å². The van der Waals surface area contributed by atoms with E-state index in [4.69, 9.17) is 4.98 Å². The molecule has 2 aromatic carbocycles. The number of anilines is 1. The monoisotopic (exact) mass is 487 g/mol. The van der Waals surface area contributed by atoms with Gasteiger partial charge in [0.25, 0.3) is 0 Å². The molecule has 0 aliphatic heterocycles. The molecular formula is C25H33N3O3S2. The molecule has 0 fully saturated rings. The first kappa shape index (κ1) is 25.3. The van der Waals surface area contributed by atoms with Crippen LogP contribution in [0, 0.1) is 13.8 Å². The highest BCUT2D eigenvalue weighted by atomic mass is 32.2. The van der Waals surface area contributed by atoms with Crippen LogP contribution in [0.25, 0.3) is 10.2 Å². The maximum atomic E-state index is 13.3. The van der Waals surface area contributed by atoms with E-state index in [0.29, 0.717) is 16.6 Å². The predicted molar refractivity (Wildman–Crippen MR) is 137 cm³/mol. The smallest absolute Gasteiger partial charge is 0.228 e. The van der Waals surface area contributed by atoms with Crippen molar-refractivity contribution in [2.45, 2.75) is 45.4 Å². The molecule has 1 heterocycles. The Morgan fingerprint density at radius 2 is 1.73 bits per heavy atom. The highest BCUT2D eigenvalue weighted by molar-refractivity contribution is 7.91. The fraction of sp³-hybridized carbons (Fsp3) is 0.440. The van der Waals surface area contributed by atoms with E-state index in [1.807, 2.05) is 6.92 Å². The molecule has 0 aliphatic carbocycles. The van der Waals surface area contributed by atoms with E-state index in [0.717, 1.165) is 35.4 Å². The van der Waals surface area contributed by atoms with Gasteiger partial charge in [0.2, 0.25) is 5.91 Å². The number of fused-ring (bicyclic) bond motifs is 1. The molecule has 0 atom stereocenters. The van der Waals surface area contributed by atoms with Gasteiger partial charge in [0, 0.05) is 19.5 Å². The van der Waals surface area contributed by atoms with Crippen molar-refractivity contribution in [1.82, 2.24) is 9.88 Å². The molecule has 178 valence electrons. The Balaban J connectivity index is 1.77. The Labute approximate surface area is 201 Å². The summed E-state index contributed by atoms with van der Waals surface area (Å²) in [5, 5.41) is 0.682. The quantitative estimate of drug-likeness (QED) is 0.387. The lowest BCUT2D eigenvalue weighted by atomic mass is 10.1. The van der Waals surface area contributed by atoms with Crippen LogP contribution < -0.4 is 4.90 Å². The topological polar surface area (TPSA) is 70.6 Å². The van der Waals surface area contributed by atoms with Gasteiger partial charge in [-0.15, -0.1) is 0 Å². The maximum absolute atomic E-state index is 13.3. The second kappa shape index (κ2) is 11.2. The SMILES string of the molecule is CCN(CC)CCN(C(=O)CCCS(=O)(=O)c1ccccc1)c1nc2c(C)cc(C)cc2s1. The fourth-order valence-corrected chi connectivity index (χ4v) is 6.39. The Hall–Kier alpha value is -2.29. The molecule has 3 rings (SSSR count). The van der Waals surface area contributed by atoms with Gasteiger partial charge in [0.1, 0.15) is 0 Å². The van der Waals surface area contributed by atoms with Crippen molar-refractivity contribution in [1.29, 1.82) is 0 Å². The first-order chi connectivity index (χ1) is 15.7. The third-order valence-corrected chi connectivity index (χ3v) is 8.63. The van der Waals surface area contributed by atoms with Crippen LogP contribution in [0.3, 0.4) is 0 Å². The molecule has 0 aliphatic rings. The van der Waals surface area contributed by atoms with Crippen molar-refractivity contribution < 1.29 is 13.2 Å². The predicted octanol–water partition coefficient (Wildman–Crippen LogP) is 4.84. The lowest BCUT2D eigenvalue weighted by molar-refractivity contribution is -0.118. The van der Waals surface area contributed by atoms with E-state index in [-0.39, 0.29) is 24.5 Å². The lowest BCUT2D eigenvalue weighted by Crippen LogP contribution is -2.38. The molecule has 0 unspecified atom stereocenters. The highest BCUT2D eigenvalue weighted by Crippen LogP contribution is 2.32. The Bertz CT molecular complexity index is 1190. The average molecular weight is 488 g/mol. The largest absolute Gasteiger partial charge is 0.302 e. The van der Waals surface area contributed by atoms with Crippen LogP contribution in [-0.2, 0) is 14.6 Å². The number of carbonyl (C=O) groups excluding carboxylic acids is 1. The van der Waals surface area contributed by atoms with Gasteiger partial charge >= 0.3 is 0 Å². The van der Waals surface area contributed by atoms with Crippen LogP contribution in [0.15, 0.2) is 47.4 Å². The van der Waals surface area contributed by atoms with Gasteiger partial charge in [-0.3, -0.25) is 9.69 Å². The minimum absolute atomic E-state index is 0.0508. The molecule has 33 heavy (non-hydrogen) atoms. The zero-order valence-corrected chi connectivity index (χ0v) is 21.5. The van der Waals surface area contributed by atoms with E-state index in [2.05, 4.69) is 37.8 Å². The van der Waals surface area contributed by atoms with Crippen molar-refractivity contribution in [3.8, 4) is 0 Å². The average Bonchev–Trinajstić information content (AvgIpc) is 3.21. The van der Waals surface area contributed by atoms with Crippen molar-refractivity contribution in [2.75, 3.05) is 36.8 Å². The molecule has 3 aromatic rings. The normalized spacial score (nSPS) is 11.9. The van der Waals surface area contributed by atoms with E-state index in [1.165, 1.54) is 16.9 Å². The van der Waals surface area contributed by atoms with Crippen molar-refractivity contribution in [3.63, 3.8) is 0 Å². The molecule has 0 N–H and O–H groups in total. The molecule has 1 amide bonds. The number of sulfone groups is 1. The van der Waals surface area contributed by atoms with Gasteiger partial charge in [-0.05, 0) is 62.7 Å². The van der Waals surface area contributed by atoms with Crippen molar-refractivity contribution in [2.24, 2.45) is 0 Å². The molecular weight excluding hydrogens is 454 g/mol. The van der Waals surface area contributed by atoms with Crippen LogP contribution in [0.4, 0.5) is 5.13 Å². The summed E-state index contributed by atoms with van der Waals surface area (Å²) in [6, 6.07) is 12.6. The molecule has 0 saturated heterocycles. The van der Waals surface area contributed by atoms with Crippen LogP contribution in [0.1, 0.15) is 37.8 Å². The van der Waals surface area contributed by atoms with Gasteiger partial charge in [0.05, 0.1) is 20.9 Å². The van der Waals surface area contributed by atoms with Gasteiger partial charge in [-0.25, -0.2) is 13.4 Å². The molecule has 6 nitrogen and oxygen atoms in total. The molecule has 0 saturated carbocycles. The lowest BCUT2D eigenvalue weighted by Gasteiger charge is -2.24. The minimum atomic E-state index is -3.40. The summed E-state index contributed by atoms with van der Waals surface area (Å²) in [4.78, 5) is 22.4. The number of likely N-dealkylation sites (N-methyl/N-ethyl adjacent to an activating group) is 1. The minimum Gasteiger partial charge on any atom is -0.302 e. The van der Waals surface area contributed by atoms with E-state index in [9.17, 15) is 13.2 Å². The zero-order chi connectivity index (χ0) is 24.0. The van der Waals surface area contributed by atoms with Crippen molar-refractivity contribution >= 4 is 42.4 Å². The first-order valence-corrected chi connectivity index (χ1v) is 13.9. The molecule has 1 aromatic heterocycles. The van der Waals surface area contributed by atoms with Crippen LogP contribution >= 0.6 is 11.3 Å². The number of nitrogens with zero attached hydrogens (tertiary/aromatic N) is 3. The second-order valence-electron chi connectivity index (χ2n) is 8.23. The molecule has 0 spiro atoms. The van der Waals surface area contributed by atoms with Crippen LogP contribution in [0.2, 0.25) is 0 Å². The number of benzene rings is 2. The van der Waals surface area contributed by atoms with Gasteiger partial charge in [0.15, 0.2) is 15.0 Å². The summed E-state index contributed by atoms with van der Waals surface area (Å²) < 4.78 is 26.2. The number of hydrogen-bond donors (Lipinski definition) is 0. The summed E-state index contributed by atoms with van der Waals surface area (Å²) >= 11 is 1.52. The Morgan fingerprint density at radius 3 is 2.39 bits per heavy atom. The molecule has 0 radical (unpaired) electrons. The summed E-state index contributed by atoms with van der Waals surface area (Å²) in [6.07, 6.45) is 0.444. The van der Waals surface area contributed by atoms with Crippen LogP contribution in [-0.4, -0.2) is 56.1 Å². The number of thiazole rings is 1. The number of rotatable bonds is 11. The Morgan fingerprint density at radius 1 is 1.03 bits per heavy atom. The number of carbonyl (C=O) groups is 1. The summed E-state index contributed by atoms with van der Waals surface area (Å²) in [7, 11) is -3.40. The zero-order valence-electron chi connectivity index (χ0n) is 19.9. The Kier molecular flexibility index (Phi) is 8.62. The summed E-state index contributed by atoms with van der Waals surface area (Å²) in [5.41, 5.74) is 3.19. The number of aromatic nitrogens is 1. The van der Waals surface area contributed by atoms with Gasteiger partial charge in [-0.1, -0.05) is 49.4 Å². The summed E-state index contributed by atoms with van der Waals surface area (Å²) in [6.45, 7) is 11.4. The second-order valence-corrected chi connectivity index (χ2v) is 11.4. The highest BCUT2D eigenvalue weighted by Gasteiger charge is 2.22. The van der Waals surface area contributed by atoms with Crippen LogP contribution in [0.5, 0.6) is 0 Å². The summed E-state index contributed by atoms with van der Waals surface area (Å²) in [5.74, 6) is -0.135. The van der Waals surface area contributed by atoms with E-state index >= 15 is 0 Å². The maximum Gasteiger partial charge on any atom is 0.228 e. The molecule has 8 heteroatoms. The number of aryl methyl sites for hydroxylation is 2. The number of amides is 1. The van der Waals surface area contributed by atoms with Gasteiger partial charge in [-0.2, -0.15) is 0 Å².